The minimum absolute atomic E-state index is 0.153. The highest BCUT2D eigenvalue weighted by atomic mass is 16.6. The maximum atomic E-state index is 13.3. The molecule has 176 valence electrons. The molecule has 10 nitrogen and oxygen atoms in total. The summed E-state index contributed by atoms with van der Waals surface area (Å²) in [4.78, 5) is 40.5. The fourth-order valence-electron chi connectivity index (χ4n) is 3.39. The number of carbonyl (C=O) groups excluding carboxylic acids is 1. The monoisotopic (exact) mass is 472 g/mol. The number of esters is 1. The van der Waals surface area contributed by atoms with Gasteiger partial charge < -0.3 is 9.47 Å². The Kier molecular flexibility index (Phi) is 6.63. The lowest BCUT2D eigenvalue weighted by atomic mass is 10.2. The predicted octanol–water partition coefficient (Wildman–Crippen LogP) is 3.79. The van der Waals surface area contributed by atoms with E-state index in [2.05, 4.69) is 14.8 Å². The number of benzene rings is 3. The zero-order valence-electron chi connectivity index (χ0n) is 18.8. The van der Waals surface area contributed by atoms with E-state index in [4.69, 9.17) is 4.74 Å². The fraction of sp³-hybridized carbons (Fsp3) is 0.120. The van der Waals surface area contributed by atoms with Crippen molar-refractivity contribution in [1.29, 1.82) is 0 Å². The number of aromatic nitrogens is 2. The Bertz CT molecular complexity index is 1500. The van der Waals surface area contributed by atoms with E-state index >= 15 is 0 Å². The van der Waals surface area contributed by atoms with Crippen molar-refractivity contribution in [2.24, 2.45) is 5.10 Å². The van der Waals surface area contributed by atoms with Crippen molar-refractivity contribution in [1.82, 2.24) is 9.66 Å². The van der Waals surface area contributed by atoms with Gasteiger partial charge in [0, 0.05) is 23.3 Å². The van der Waals surface area contributed by atoms with Crippen molar-refractivity contribution < 1.29 is 19.2 Å². The quantitative estimate of drug-likeness (QED) is 0.173. The first-order valence-electron chi connectivity index (χ1n) is 10.5. The molecule has 1 heterocycles. The standard InChI is InChI=1S/C25H20N4O6/c1-16(25(31)34-2)35-22-13-12-19(29(32)33)14-18(22)15-26-28-23(17-8-4-3-5-9-17)27-21-11-7-6-10-20(21)24(28)30/h3-16H,1-2H3/t16-/m1/s1. The summed E-state index contributed by atoms with van der Waals surface area (Å²) in [6, 6.07) is 19.8. The minimum atomic E-state index is -0.974. The highest BCUT2D eigenvalue weighted by Gasteiger charge is 2.19. The van der Waals surface area contributed by atoms with Gasteiger partial charge in [-0.3, -0.25) is 14.9 Å². The number of ether oxygens (including phenoxy) is 2. The summed E-state index contributed by atoms with van der Waals surface area (Å²) in [5.74, 6) is -0.172. The summed E-state index contributed by atoms with van der Waals surface area (Å²) < 4.78 is 11.5. The number of carbonyl (C=O) groups is 1. The lowest BCUT2D eigenvalue weighted by Gasteiger charge is -2.14. The maximum Gasteiger partial charge on any atom is 0.346 e. The Hall–Kier alpha value is -4.86. The summed E-state index contributed by atoms with van der Waals surface area (Å²) in [5.41, 5.74) is 0.726. The highest BCUT2D eigenvalue weighted by Crippen LogP contribution is 2.25. The second-order valence-corrected chi connectivity index (χ2v) is 7.44. The van der Waals surface area contributed by atoms with E-state index in [1.165, 1.54) is 38.4 Å². The zero-order chi connectivity index (χ0) is 24.9. The number of hydrogen-bond acceptors (Lipinski definition) is 8. The van der Waals surface area contributed by atoms with Crippen LogP contribution >= 0.6 is 0 Å². The SMILES string of the molecule is COC(=O)[C@@H](C)Oc1ccc([N+](=O)[O-])cc1C=Nn1c(-c2ccccc2)nc2ccccc2c1=O. The molecule has 10 heteroatoms. The van der Waals surface area contributed by atoms with Crippen molar-refractivity contribution in [2.45, 2.75) is 13.0 Å². The van der Waals surface area contributed by atoms with Gasteiger partial charge in [-0.25, -0.2) is 9.78 Å². The molecule has 0 saturated carbocycles. The van der Waals surface area contributed by atoms with E-state index in [-0.39, 0.29) is 17.0 Å². The Morgan fingerprint density at radius 2 is 1.83 bits per heavy atom. The molecule has 1 aromatic heterocycles. The molecule has 0 bridgehead atoms. The molecule has 35 heavy (non-hydrogen) atoms. The highest BCUT2D eigenvalue weighted by molar-refractivity contribution is 5.86. The number of rotatable bonds is 7. The normalized spacial score (nSPS) is 11.9. The van der Waals surface area contributed by atoms with Crippen LogP contribution in [-0.4, -0.2) is 40.0 Å². The molecule has 0 saturated heterocycles. The van der Waals surface area contributed by atoms with Crippen LogP contribution in [0.5, 0.6) is 5.75 Å². The third kappa shape index (κ3) is 4.91. The van der Waals surface area contributed by atoms with Crippen LogP contribution in [0.25, 0.3) is 22.3 Å². The van der Waals surface area contributed by atoms with Gasteiger partial charge in [-0.05, 0) is 25.1 Å². The molecule has 4 rings (SSSR count). The van der Waals surface area contributed by atoms with Gasteiger partial charge >= 0.3 is 5.97 Å². The molecule has 4 aromatic rings. The molecular formula is C25H20N4O6. The lowest BCUT2D eigenvalue weighted by molar-refractivity contribution is -0.384. The Morgan fingerprint density at radius 3 is 2.54 bits per heavy atom. The maximum absolute atomic E-state index is 13.3. The van der Waals surface area contributed by atoms with Gasteiger partial charge in [0.25, 0.3) is 11.2 Å². The number of hydrogen-bond donors (Lipinski definition) is 0. The average Bonchev–Trinajstić information content (AvgIpc) is 2.88. The van der Waals surface area contributed by atoms with E-state index < -0.39 is 22.6 Å². The molecule has 0 radical (unpaired) electrons. The molecule has 0 aliphatic heterocycles. The molecule has 0 spiro atoms. The van der Waals surface area contributed by atoms with Gasteiger partial charge in [-0.15, -0.1) is 0 Å². The molecule has 3 aromatic carbocycles. The number of nitrogens with zero attached hydrogens (tertiary/aromatic N) is 4. The van der Waals surface area contributed by atoms with Gasteiger partial charge in [-0.2, -0.15) is 9.78 Å². The summed E-state index contributed by atoms with van der Waals surface area (Å²) >= 11 is 0. The molecular weight excluding hydrogens is 452 g/mol. The predicted molar refractivity (Wildman–Crippen MR) is 130 cm³/mol. The van der Waals surface area contributed by atoms with Gasteiger partial charge in [-0.1, -0.05) is 42.5 Å². The molecule has 1 atom stereocenters. The summed E-state index contributed by atoms with van der Waals surface area (Å²) in [7, 11) is 1.23. The number of methoxy groups -OCH3 is 1. The Labute approximate surface area is 199 Å². The topological polar surface area (TPSA) is 126 Å². The first-order valence-corrected chi connectivity index (χ1v) is 10.5. The number of nitro groups is 1. The molecule has 0 unspecified atom stereocenters. The summed E-state index contributed by atoms with van der Waals surface area (Å²) in [6.07, 6.45) is 0.287. The third-order valence-corrected chi connectivity index (χ3v) is 5.14. The smallest absolute Gasteiger partial charge is 0.346 e. The van der Waals surface area contributed by atoms with Gasteiger partial charge in [0.05, 0.1) is 29.2 Å². The van der Waals surface area contributed by atoms with Crippen LogP contribution in [0.3, 0.4) is 0 Å². The molecule has 0 aliphatic rings. The minimum Gasteiger partial charge on any atom is -0.478 e. The largest absolute Gasteiger partial charge is 0.478 e. The molecule has 0 N–H and O–H groups in total. The first kappa shape index (κ1) is 23.3. The van der Waals surface area contributed by atoms with Gasteiger partial charge in [0.2, 0.25) is 0 Å². The van der Waals surface area contributed by atoms with Crippen LogP contribution in [0.15, 0.2) is 82.7 Å². The second-order valence-electron chi connectivity index (χ2n) is 7.44. The van der Waals surface area contributed by atoms with E-state index in [1.54, 1.807) is 36.4 Å². The van der Waals surface area contributed by atoms with E-state index in [0.29, 0.717) is 22.3 Å². The molecule has 0 amide bonds. The number of non-ortho nitro benzene ring substituents is 1. The van der Waals surface area contributed by atoms with Crippen molar-refractivity contribution in [3.63, 3.8) is 0 Å². The van der Waals surface area contributed by atoms with Crippen LogP contribution in [0.4, 0.5) is 5.69 Å². The van der Waals surface area contributed by atoms with E-state index in [9.17, 15) is 19.7 Å². The second kappa shape index (κ2) is 9.96. The van der Waals surface area contributed by atoms with Crippen molar-refractivity contribution in [2.75, 3.05) is 7.11 Å². The van der Waals surface area contributed by atoms with Crippen LogP contribution in [0, 0.1) is 10.1 Å². The van der Waals surface area contributed by atoms with Crippen LogP contribution < -0.4 is 10.3 Å². The van der Waals surface area contributed by atoms with Gasteiger partial charge in [0.15, 0.2) is 11.9 Å². The number of fused-ring (bicyclic) bond motifs is 1. The Balaban J connectivity index is 1.87. The fourth-order valence-corrected chi connectivity index (χ4v) is 3.39. The van der Waals surface area contributed by atoms with Crippen LogP contribution in [0.1, 0.15) is 12.5 Å². The average molecular weight is 472 g/mol. The Morgan fingerprint density at radius 1 is 1.11 bits per heavy atom. The van der Waals surface area contributed by atoms with Gasteiger partial charge in [0.1, 0.15) is 5.75 Å². The van der Waals surface area contributed by atoms with Crippen LogP contribution in [0.2, 0.25) is 0 Å². The number of nitro benzene ring substituents is 1. The van der Waals surface area contributed by atoms with Crippen molar-refractivity contribution in [3.05, 3.63) is 98.8 Å². The van der Waals surface area contributed by atoms with Crippen molar-refractivity contribution >= 4 is 28.8 Å². The first-order chi connectivity index (χ1) is 16.9. The van der Waals surface area contributed by atoms with Crippen molar-refractivity contribution in [3.8, 4) is 17.1 Å². The van der Waals surface area contributed by atoms with E-state index in [0.717, 1.165) is 4.68 Å². The summed E-state index contributed by atoms with van der Waals surface area (Å²) in [5, 5.41) is 16.0. The summed E-state index contributed by atoms with van der Waals surface area (Å²) in [6.45, 7) is 1.49. The number of para-hydroxylation sites is 1. The van der Waals surface area contributed by atoms with Crippen LogP contribution in [-0.2, 0) is 9.53 Å². The lowest BCUT2D eigenvalue weighted by Crippen LogP contribution is -2.25. The van der Waals surface area contributed by atoms with E-state index in [1.807, 2.05) is 18.2 Å². The molecule has 0 fully saturated rings. The zero-order valence-corrected chi connectivity index (χ0v) is 18.8. The third-order valence-electron chi connectivity index (χ3n) is 5.14. The molecule has 0 aliphatic carbocycles.